The van der Waals surface area contributed by atoms with E-state index in [1.54, 1.807) is 0 Å². The van der Waals surface area contributed by atoms with Crippen LogP contribution >= 0.6 is 15.6 Å². The largest absolute Gasteiger partial charge is 0.472 e. The number of esters is 4. The molecular formula is C86H168O17P2. The normalized spacial score (nSPS) is 14.0. The van der Waals surface area contributed by atoms with Crippen LogP contribution in [-0.4, -0.2) is 96.7 Å². The number of ether oxygens (including phenoxy) is 4. The summed E-state index contributed by atoms with van der Waals surface area (Å²) in [6.45, 7) is 7.37. The number of carbonyl (C=O) groups is 4. The smallest absolute Gasteiger partial charge is 0.462 e. The van der Waals surface area contributed by atoms with Gasteiger partial charge in [0.25, 0.3) is 0 Å². The minimum absolute atomic E-state index is 0.108. The second-order valence-corrected chi connectivity index (χ2v) is 34.1. The summed E-state index contributed by atoms with van der Waals surface area (Å²) < 4.78 is 68.9. The second-order valence-electron chi connectivity index (χ2n) is 31.2. The van der Waals surface area contributed by atoms with Gasteiger partial charge in [-0.05, 0) is 31.6 Å². The molecule has 0 aliphatic carbocycles. The molecule has 0 aromatic rings. The second kappa shape index (κ2) is 78.7. The minimum atomic E-state index is -4.97. The molecule has 0 saturated carbocycles. The molecule has 6 atom stereocenters. The number of hydrogen-bond acceptors (Lipinski definition) is 15. The zero-order valence-corrected chi connectivity index (χ0v) is 70.7. The van der Waals surface area contributed by atoms with Gasteiger partial charge in [0.1, 0.15) is 19.3 Å². The van der Waals surface area contributed by atoms with E-state index in [1.807, 2.05) is 0 Å². The summed E-state index contributed by atoms with van der Waals surface area (Å²) in [4.78, 5) is 73.3. The highest BCUT2D eigenvalue weighted by molar-refractivity contribution is 7.47. The average molecular weight is 1540 g/mol. The summed E-state index contributed by atoms with van der Waals surface area (Å²) in [7, 11) is -9.93. The highest BCUT2D eigenvalue weighted by atomic mass is 31.2. The molecule has 0 spiro atoms. The molecular weight excluding hydrogens is 1370 g/mol. The standard InChI is InChI=1S/C86H168O17P2/c1-6-10-13-16-19-22-25-28-31-33-34-35-36-38-41-44-47-50-57-62-67-72-85(90)102-81(75-96-83(88)69-64-59-54-48-45-42-40-37-32-29-26-23-20-17-14-11-7-2)77-100-104(92,93)98-73-80(87)74-99-105(94,95)101-78-82(76-97-84(89)70-65-60-55-52-51-53-58-63-68-79(5)9-4)103-86(91)71-66-61-56-49-46-43-39-30-27-24-21-18-15-12-8-3/h79-82,87H,6-78H2,1-5H3,(H,92,93)(H,94,95)/t79?,80-,81-,82-/m1/s1. The van der Waals surface area contributed by atoms with E-state index in [4.69, 9.17) is 37.0 Å². The van der Waals surface area contributed by atoms with Crippen LogP contribution in [0.4, 0.5) is 0 Å². The maximum atomic E-state index is 13.1. The number of hydrogen-bond donors (Lipinski definition) is 3. The van der Waals surface area contributed by atoms with E-state index in [9.17, 15) is 43.2 Å². The van der Waals surface area contributed by atoms with E-state index < -0.39 is 97.5 Å². The first kappa shape index (κ1) is 103. The van der Waals surface area contributed by atoms with Gasteiger partial charge >= 0.3 is 39.5 Å². The molecule has 0 heterocycles. The van der Waals surface area contributed by atoms with Crippen LogP contribution in [0, 0.1) is 5.92 Å². The van der Waals surface area contributed by atoms with Crippen LogP contribution < -0.4 is 0 Å². The summed E-state index contributed by atoms with van der Waals surface area (Å²) >= 11 is 0. The number of unbranched alkanes of at least 4 members (excludes halogenated alkanes) is 57. The van der Waals surface area contributed by atoms with E-state index in [2.05, 4.69) is 34.6 Å². The predicted molar refractivity (Wildman–Crippen MR) is 432 cm³/mol. The van der Waals surface area contributed by atoms with Gasteiger partial charge in [0, 0.05) is 25.7 Å². The number of rotatable bonds is 86. The fraction of sp³-hybridized carbons (Fsp3) is 0.953. The van der Waals surface area contributed by atoms with Gasteiger partial charge in [-0.1, -0.05) is 413 Å². The van der Waals surface area contributed by atoms with Crippen LogP contribution in [0.1, 0.15) is 465 Å². The third-order valence-corrected chi connectivity index (χ3v) is 22.5. The average Bonchev–Trinajstić information content (AvgIpc) is 0.990. The Morgan fingerprint density at radius 2 is 0.457 bits per heavy atom. The SMILES string of the molecule is CCCCCCCCCCCCCCCCCCCCCCCC(=O)O[C@H](COC(=O)CCCCCCCCCCCCCCCCCCC)COP(=O)(O)OC[C@@H](O)COP(=O)(O)OC[C@@H](COC(=O)CCCCCCCCCCC(C)CC)OC(=O)CCCCCCCCCCCCCCCCC. The third-order valence-electron chi connectivity index (χ3n) is 20.6. The topological polar surface area (TPSA) is 237 Å². The molecule has 19 heteroatoms. The molecule has 0 radical (unpaired) electrons. The molecule has 17 nitrogen and oxygen atoms in total. The molecule has 3 unspecified atom stereocenters. The van der Waals surface area contributed by atoms with Crippen LogP contribution in [0.3, 0.4) is 0 Å². The Hall–Kier alpha value is -1.94. The molecule has 0 fully saturated rings. The number of aliphatic hydroxyl groups is 1. The highest BCUT2D eigenvalue weighted by Gasteiger charge is 2.30. The number of carbonyl (C=O) groups excluding carboxylic acids is 4. The molecule has 105 heavy (non-hydrogen) atoms. The molecule has 0 rings (SSSR count). The van der Waals surface area contributed by atoms with Gasteiger partial charge in [-0.2, -0.15) is 0 Å². The maximum absolute atomic E-state index is 13.1. The van der Waals surface area contributed by atoms with Crippen LogP contribution in [0.25, 0.3) is 0 Å². The highest BCUT2D eigenvalue weighted by Crippen LogP contribution is 2.45. The van der Waals surface area contributed by atoms with Gasteiger partial charge in [0.05, 0.1) is 26.4 Å². The first-order chi connectivity index (χ1) is 51.1. The summed E-state index contributed by atoms with van der Waals surface area (Å²) in [5.74, 6) is -1.32. The van der Waals surface area contributed by atoms with E-state index >= 15 is 0 Å². The number of phosphoric acid groups is 2. The van der Waals surface area contributed by atoms with E-state index in [0.717, 1.165) is 95.8 Å². The van der Waals surface area contributed by atoms with Gasteiger partial charge in [-0.3, -0.25) is 37.3 Å². The molecule has 0 amide bonds. The molecule has 3 N–H and O–H groups in total. The van der Waals surface area contributed by atoms with E-state index in [-0.39, 0.29) is 25.7 Å². The molecule has 0 aromatic carbocycles. The lowest BCUT2D eigenvalue weighted by atomic mass is 9.99. The number of phosphoric ester groups is 2. The van der Waals surface area contributed by atoms with Crippen molar-refractivity contribution in [3.63, 3.8) is 0 Å². The maximum Gasteiger partial charge on any atom is 0.472 e. The first-order valence-corrected chi connectivity index (χ1v) is 47.7. The van der Waals surface area contributed by atoms with Crippen LogP contribution in [0.15, 0.2) is 0 Å². The van der Waals surface area contributed by atoms with Crippen molar-refractivity contribution in [1.29, 1.82) is 0 Å². The minimum Gasteiger partial charge on any atom is -0.462 e. The Labute approximate surface area is 645 Å². The van der Waals surface area contributed by atoms with Gasteiger partial charge in [0.15, 0.2) is 12.2 Å². The van der Waals surface area contributed by atoms with E-state index in [0.29, 0.717) is 25.7 Å². The molecule has 624 valence electrons. The van der Waals surface area contributed by atoms with Crippen molar-refractivity contribution in [3.8, 4) is 0 Å². The summed E-state index contributed by atoms with van der Waals surface area (Å²) in [5.41, 5.74) is 0. The predicted octanol–water partition coefficient (Wildman–Crippen LogP) is 26.4. The van der Waals surface area contributed by atoms with Gasteiger partial charge in [-0.25, -0.2) is 9.13 Å². The quantitative estimate of drug-likeness (QED) is 0.0222. The zero-order valence-electron chi connectivity index (χ0n) is 68.9. The fourth-order valence-corrected chi connectivity index (χ4v) is 15.0. The van der Waals surface area contributed by atoms with Crippen LogP contribution in [0.2, 0.25) is 0 Å². The Balaban J connectivity index is 5.25. The first-order valence-electron chi connectivity index (χ1n) is 44.7. The molecule has 0 aromatic heterocycles. The van der Waals surface area contributed by atoms with Crippen molar-refractivity contribution >= 4 is 39.5 Å². The van der Waals surface area contributed by atoms with Crippen molar-refractivity contribution in [3.05, 3.63) is 0 Å². The lowest BCUT2D eigenvalue weighted by Crippen LogP contribution is -2.30. The lowest BCUT2D eigenvalue weighted by molar-refractivity contribution is -0.161. The Bertz CT molecular complexity index is 2000. The lowest BCUT2D eigenvalue weighted by Gasteiger charge is -2.21. The Kier molecular flexibility index (Phi) is 77.3. The summed E-state index contributed by atoms with van der Waals surface area (Å²) in [6, 6.07) is 0. The van der Waals surface area contributed by atoms with Crippen LogP contribution in [-0.2, 0) is 65.4 Å². The van der Waals surface area contributed by atoms with Gasteiger partial charge in [0.2, 0.25) is 0 Å². The molecule has 0 bridgehead atoms. The van der Waals surface area contributed by atoms with E-state index in [1.165, 1.54) is 289 Å². The van der Waals surface area contributed by atoms with Crippen molar-refractivity contribution in [2.45, 2.75) is 483 Å². The van der Waals surface area contributed by atoms with Crippen molar-refractivity contribution in [2.24, 2.45) is 5.92 Å². The molecule has 0 saturated heterocycles. The third kappa shape index (κ3) is 78.5. The van der Waals surface area contributed by atoms with Crippen molar-refractivity contribution in [2.75, 3.05) is 39.6 Å². The van der Waals surface area contributed by atoms with Crippen molar-refractivity contribution < 1.29 is 80.2 Å². The van der Waals surface area contributed by atoms with Crippen molar-refractivity contribution in [1.82, 2.24) is 0 Å². The Morgan fingerprint density at radius 3 is 0.676 bits per heavy atom. The molecule has 0 aliphatic rings. The summed E-state index contributed by atoms with van der Waals surface area (Å²) in [5, 5.41) is 10.7. The van der Waals surface area contributed by atoms with Gasteiger partial charge in [-0.15, -0.1) is 0 Å². The fourth-order valence-electron chi connectivity index (χ4n) is 13.4. The zero-order chi connectivity index (χ0) is 76.9. The Morgan fingerprint density at radius 1 is 0.267 bits per heavy atom. The van der Waals surface area contributed by atoms with Gasteiger partial charge < -0.3 is 33.8 Å². The summed E-state index contributed by atoms with van der Waals surface area (Å²) in [6.07, 6.45) is 72.1. The molecule has 0 aliphatic heterocycles. The van der Waals surface area contributed by atoms with Crippen LogP contribution in [0.5, 0.6) is 0 Å². The monoisotopic (exact) mass is 1540 g/mol. The number of aliphatic hydroxyl groups excluding tert-OH is 1.